The SMILES string of the molecule is Cc1cccnc1CNS(=O)(=O)c1cc(Br)cnc1NN. The van der Waals surface area contributed by atoms with Crippen LogP contribution in [-0.4, -0.2) is 18.4 Å². The Kier molecular flexibility index (Phi) is 4.88. The third kappa shape index (κ3) is 3.76. The van der Waals surface area contributed by atoms with E-state index in [1.165, 1.54) is 12.3 Å². The number of rotatable bonds is 5. The van der Waals surface area contributed by atoms with Crippen LogP contribution in [0, 0.1) is 6.92 Å². The quantitative estimate of drug-likeness (QED) is 0.539. The third-order valence-electron chi connectivity index (χ3n) is 2.79. The predicted molar refractivity (Wildman–Crippen MR) is 82.7 cm³/mol. The van der Waals surface area contributed by atoms with Crippen molar-refractivity contribution in [2.75, 3.05) is 5.43 Å². The van der Waals surface area contributed by atoms with Crippen LogP contribution in [0.4, 0.5) is 5.82 Å². The maximum absolute atomic E-state index is 12.4. The molecular formula is C12H14BrN5O2S. The summed E-state index contributed by atoms with van der Waals surface area (Å²) in [4.78, 5) is 8.03. The smallest absolute Gasteiger partial charge is 0.244 e. The molecule has 2 heterocycles. The molecule has 0 aliphatic heterocycles. The molecule has 0 aliphatic rings. The van der Waals surface area contributed by atoms with Gasteiger partial charge in [0.2, 0.25) is 10.0 Å². The van der Waals surface area contributed by atoms with Gasteiger partial charge in [0.15, 0.2) is 5.82 Å². The molecule has 112 valence electrons. The number of aryl methyl sites for hydroxylation is 1. The van der Waals surface area contributed by atoms with E-state index >= 15 is 0 Å². The molecule has 0 bridgehead atoms. The molecule has 0 saturated carbocycles. The van der Waals surface area contributed by atoms with Gasteiger partial charge in [0.05, 0.1) is 12.2 Å². The maximum Gasteiger partial charge on any atom is 0.244 e. The molecule has 21 heavy (non-hydrogen) atoms. The van der Waals surface area contributed by atoms with Crippen molar-refractivity contribution in [3.63, 3.8) is 0 Å². The molecule has 0 amide bonds. The summed E-state index contributed by atoms with van der Waals surface area (Å²) in [7, 11) is -3.77. The fraction of sp³-hybridized carbons (Fsp3) is 0.167. The minimum Gasteiger partial charge on any atom is -0.307 e. The molecule has 2 rings (SSSR count). The second kappa shape index (κ2) is 6.48. The number of halogens is 1. The fourth-order valence-corrected chi connectivity index (χ4v) is 3.29. The Balaban J connectivity index is 2.27. The molecule has 4 N–H and O–H groups in total. The van der Waals surface area contributed by atoms with E-state index in [1.807, 2.05) is 13.0 Å². The van der Waals surface area contributed by atoms with E-state index in [0.29, 0.717) is 10.2 Å². The van der Waals surface area contributed by atoms with Crippen molar-refractivity contribution >= 4 is 31.8 Å². The summed E-state index contributed by atoms with van der Waals surface area (Å²) in [6.07, 6.45) is 3.07. The number of nitrogens with zero attached hydrogens (tertiary/aromatic N) is 2. The average molecular weight is 372 g/mol. The number of anilines is 1. The van der Waals surface area contributed by atoms with Crippen molar-refractivity contribution in [3.05, 3.63) is 46.3 Å². The molecule has 0 atom stereocenters. The lowest BCUT2D eigenvalue weighted by Crippen LogP contribution is -2.26. The van der Waals surface area contributed by atoms with Gasteiger partial charge in [-0.3, -0.25) is 4.98 Å². The van der Waals surface area contributed by atoms with Gasteiger partial charge in [0.25, 0.3) is 0 Å². The highest BCUT2D eigenvalue weighted by molar-refractivity contribution is 9.10. The predicted octanol–water partition coefficient (Wildman–Crippen LogP) is 1.31. The fourth-order valence-electron chi connectivity index (χ4n) is 1.68. The number of hydrazine groups is 1. The normalized spacial score (nSPS) is 11.4. The Bertz CT molecular complexity index is 751. The highest BCUT2D eigenvalue weighted by atomic mass is 79.9. The van der Waals surface area contributed by atoms with Crippen LogP contribution in [0.5, 0.6) is 0 Å². The number of nitrogen functional groups attached to an aromatic ring is 1. The maximum atomic E-state index is 12.4. The van der Waals surface area contributed by atoms with Crippen LogP contribution in [0.1, 0.15) is 11.3 Å². The van der Waals surface area contributed by atoms with Crippen LogP contribution >= 0.6 is 15.9 Å². The zero-order valence-electron chi connectivity index (χ0n) is 11.2. The van der Waals surface area contributed by atoms with Gasteiger partial charge in [-0.25, -0.2) is 24.0 Å². The standard InChI is InChI=1S/C12H14BrN5O2S/c1-8-3-2-4-15-10(8)7-17-21(19,20)11-5-9(13)6-16-12(11)18-14/h2-6,17H,7,14H2,1H3,(H,16,18). The zero-order valence-corrected chi connectivity index (χ0v) is 13.6. The number of aromatic nitrogens is 2. The van der Waals surface area contributed by atoms with Gasteiger partial charge >= 0.3 is 0 Å². The van der Waals surface area contributed by atoms with E-state index in [2.05, 4.69) is 36.0 Å². The Morgan fingerprint density at radius 2 is 2.14 bits per heavy atom. The number of hydrogen-bond acceptors (Lipinski definition) is 6. The largest absolute Gasteiger partial charge is 0.307 e. The van der Waals surface area contributed by atoms with E-state index < -0.39 is 10.0 Å². The van der Waals surface area contributed by atoms with Crippen LogP contribution in [0.25, 0.3) is 0 Å². The van der Waals surface area contributed by atoms with Crippen LogP contribution in [0.2, 0.25) is 0 Å². The number of sulfonamides is 1. The molecule has 0 saturated heterocycles. The van der Waals surface area contributed by atoms with Crippen molar-refractivity contribution < 1.29 is 8.42 Å². The first-order valence-electron chi connectivity index (χ1n) is 5.96. The van der Waals surface area contributed by atoms with Crippen molar-refractivity contribution in [1.82, 2.24) is 14.7 Å². The Labute approximate surface area is 131 Å². The van der Waals surface area contributed by atoms with Crippen LogP contribution in [0.3, 0.4) is 0 Å². The van der Waals surface area contributed by atoms with E-state index in [4.69, 9.17) is 5.84 Å². The van der Waals surface area contributed by atoms with E-state index in [0.717, 1.165) is 5.56 Å². The lowest BCUT2D eigenvalue weighted by atomic mass is 10.2. The number of nitrogens with two attached hydrogens (primary N) is 1. The second-order valence-corrected chi connectivity index (χ2v) is 6.89. The van der Waals surface area contributed by atoms with Gasteiger partial charge < -0.3 is 5.43 Å². The molecule has 0 spiro atoms. The summed E-state index contributed by atoms with van der Waals surface area (Å²) in [5.74, 6) is 5.37. The molecule has 0 unspecified atom stereocenters. The highest BCUT2D eigenvalue weighted by Crippen LogP contribution is 2.22. The third-order valence-corrected chi connectivity index (χ3v) is 4.64. The summed E-state index contributed by atoms with van der Waals surface area (Å²) in [5, 5.41) is 0. The van der Waals surface area contributed by atoms with Gasteiger partial charge in [0, 0.05) is 16.9 Å². The van der Waals surface area contributed by atoms with Crippen molar-refractivity contribution in [3.8, 4) is 0 Å². The summed E-state index contributed by atoms with van der Waals surface area (Å²) in [6.45, 7) is 1.95. The lowest BCUT2D eigenvalue weighted by Gasteiger charge is -2.11. The number of hydrogen-bond donors (Lipinski definition) is 3. The molecule has 0 aliphatic carbocycles. The second-order valence-electron chi connectivity index (χ2n) is 4.24. The number of nitrogens with one attached hydrogen (secondary N) is 2. The molecular weight excluding hydrogens is 358 g/mol. The molecule has 0 aromatic carbocycles. The van der Waals surface area contributed by atoms with Crippen LogP contribution in [0.15, 0.2) is 40.0 Å². The van der Waals surface area contributed by atoms with Gasteiger partial charge in [-0.2, -0.15) is 0 Å². The van der Waals surface area contributed by atoms with Crippen LogP contribution in [-0.2, 0) is 16.6 Å². The van der Waals surface area contributed by atoms with E-state index in [1.54, 1.807) is 12.3 Å². The first kappa shape index (κ1) is 15.8. The zero-order chi connectivity index (χ0) is 15.5. The van der Waals surface area contributed by atoms with E-state index in [-0.39, 0.29) is 17.3 Å². The summed E-state index contributed by atoms with van der Waals surface area (Å²) < 4.78 is 27.7. The Morgan fingerprint density at radius 3 is 2.81 bits per heavy atom. The molecule has 2 aromatic rings. The van der Waals surface area contributed by atoms with E-state index in [9.17, 15) is 8.42 Å². The van der Waals surface area contributed by atoms with Crippen molar-refractivity contribution in [2.45, 2.75) is 18.4 Å². The van der Waals surface area contributed by atoms with Crippen LogP contribution < -0.4 is 16.0 Å². The molecule has 9 heteroatoms. The highest BCUT2D eigenvalue weighted by Gasteiger charge is 2.20. The Hall–Kier alpha value is -1.55. The van der Waals surface area contributed by atoms with Gasteiger partial charge in [0.1, 0.15) is 4.90 Å². The molecule has 7 nitrogen and oxygen atoms in total. The summed E-state index contributed by atoms with van der Waals surface area (Å²) in [6, 6.07) is 5.09. The van der Waals surface area contributed by atoms with Gasteiger partial charge in [-0.15, -0.1) is 0 Å². The number of pyridine rings is 2. The topological polar surface area (TPSA) is 110 Å². The average Bonchev–Trinajstić information content (AvgIpc) is 2.46. The lowest BCUT2D eigenvalue weighted by molar-refractivity contribution is 0.580. The first-order valence-corrected chi connectivity index (χ1v) is 8.24. The minimum absolute atomic E-state index is 0.0343. The summed E-state index contributed by atoms with van der Waals surface area (Å²) >= 11 is 3.19. The van der Waals surface area contributed by atoms with Gasteiger partial charge in [-0.1, -0.05) is 6.07 Å². The molecule has 2 aromatic heterocycles. The minimum atomic E-state index is -3.77. The first-order chi connectivity index (χ1) is 9.94. The van der Waals surface area contributed by atoms with Crippen molar-refractivity contribution in [1.29, 1.82) is 0 Å². The van der Waals surface area contributed by atoms with Gasteiger partial charge in [-0.05, 0) is 40.5 Å². The summed E-state index contributed by atoms with van der Waals surface area (Å²) in [5.41, 5.74) is 3.84. The Morgan fingerprint density at radius 1 is 1.38 bits per heavy atom. The van der Waals surface area contributed by atoms with Crippen molar-refractivity contribution in [2.24, 2.45) is 5.84 Å². The molecule has 0 fully saturated rings. The molecule has 0 radical (unpaired) electrons. The monoisotopic (exact) mass is 371 g/mol.